The number of rotatable bonds is 3. The average Bonchev–Trinajstić information content (AvgIpc) is 2.92. The Morgan fingerprint density at radius 1 is 1.05 bits per heavy atom. The van der Waals surface area contributed by atoms with Gasteiger partial charge in [0.2, 0.25) is 5.91 Å². The monoisotopic (exact) mass is 279 g/mol. The quantitative estimate of drug-likeness (QED) is 0.798. The molecule has 0 spiro atoms. The van der Waals surface area contributed by atoms with Crippen molar-refractivity contribution in [3.05, 3.63) is 55.1 Å². The molecule has 0 unspecified atom stereocenters. The molecular formula is C15H13N5O. The summed E-state index contributed by atoms with van der Waals surface area (Å²) in [5, 5.41) is 7.34. The number of nitrogens with zero attached hydrogens (tertiary/aromatic N) is 4. The average molecular weight is 279 g/mol. The van der Waals surface area contributed by atoms with Crippen molar-refractivity contribution in [3.63, 3.8) is 0 Å². The molecule has 0 bridgehead atoms. The summed E-state index contributed by atoms with van der Waals surface area (Å²) in [4.78, 5) is 19.4. The number of hydrogen-bond acceptors (Lipinski definition) is 4. The van der Waals surface area contributed by atoms with Crippen molar-refractivity contribution in [2.45, 2.75) is 6.92 Å². The van der Waals surface area contributed by atoms with Crippen molar-refractivity contribution < 1.29 is 4.79 Å². The molecule has 6 heteroatoms. The second-order valence-electron chi connectivity index (χ2n) is 4.45. The fourth-order valence-corrected chi connectivity index (χ4v) is 2.00. The highest BCUT2D eigenvalue weighted by atomic mass is 16.1. The lowest BCUT2D eigenvalue weighted by Gasteiger charge is -2.06. The molecule has 0 fully saturated rings. The minimum atomic E-state index is -0.147. The maximum atomic E-state index is 11.4. The standard InChI is InChI=1S/C15H13N5O/c1-11(21)18-15-10-14(12-2-6-16-7-3-12)19-20(15)13-4-8-17-9-5-13/h2-10H,1H3,(H,18,21). The molecule has 0 radical (unpaired) electrons. The minimum absolute atomic E-state index is 0.147. The van der Waals surface area contributed by atoms with Gasteiger partial charge in [-0.1, -0.05) is 0 Å². The van der Waals surface area contributed by atoms with E-state index < -0.39 is 0 Å². The maximum absolute atomic E-state index is 11.4. The second kappa shape index (κ2) is 5.54. The first-order valence-corrected chi connectivity index (χ1v) is 6.42. The largest absolute Gasteiger partial charge is 0.311 e. The van der Waals surface area contributed by atoms with Crippen LogP contribution in [-0.4, -0.2) is 25.7 Å². The fourth-order valence-electron chi connectivity index (χ4n) is 2.00. The summed E-state index contributed by atoms with van der Waals surface area (Å²) in [5.74, 6) is 0.465. The number of pyridine rings is 2. The Balaban J connectivity index is 2.10. The third-order valence-electron chi connectivity index (χ3n) is 2.90. The van der Waals surface area contributed by atoms with Gasteiger partial charge < -0.3 is 5.32 Å². The lowest BCUT2D eigenvalue weighted by molar-refractivity contribution is -0.114. The van der Waals surface area contributed by atoms with Crippen LogP contribution in [0.4, 0.5) is 5.82 Å². The molecular weight excluding hydrogens is 266 g/mol. The Morgan fingerprint density at radius 3 is 2.29 bits per heavy atom. The van der Waals surface area contributed by atoms with Gasteiger partial charge in [-0.15, -0.1) is 0 Å². The molecule has 0 aromatic carbocycles. The lowest BCUT2D eigenvalue weighted by Crippen LogP contribution is -2.10. The van der Waals surface area contributed by atoms with Crippen molar-refractivity contribution in [1.82, 2.24) is 19.7 Å². The molecule has 1 N–H and O–H groups in total. The zero-order chi connectivity index (χ0) is 14.7. The van der Waals surface area contributed by atoms with Crippen LogP contribution in [-0.2, 0) is 4.79 Å². The molecule has 0 aliphatic heterocycles. The fraction of sp³-hybridized carbons (Fsp3) is 0.0667. The molecule has 0 atom stereocenters. The van der Waals surface area contributed by atoms with Crippen LogP contribution in [0.3, 0.4) is 0 Å². The van der Waals surface area contributed by atoms with Crippen LogP contribution in [0.15, 0.2) is 55.1 Å². The van der Waals surface area contributed by atoms with Gasteiger partial charge in [-0.3, -0.25) is 14.8 Å². The van der Waals surface area contributed by atoms with E-state index in [1.54, 1.807) is 29.5 Å². The van der Waals surface area contributed by atoms with E-state index in [0.29, 0.717) is 5.82 Å². The van der Waals surface area contributed by atoms with E-state index in [1.165, 1.54) is 6.92 Å². The van der Waals surface area contributed by atoms with Gasteiger partial charge in [-0.25, -0.2) is 4.68 Å². The second-order valence-corrected chi connectivity index (χ2v) is 4.45. The summed E-state index contributed by atoms with van der Waals surface area (Å²) in [5.41, 5.74) is 2.52. The van der Waals surface area contributed by atoms with Gasteiger partial charge in [0.15, 0.2) is 0 Å². The normalized spacial score (nSPS) is 10.3. The molecule has 0 aliphatic carbocycles. The molecule has 21 heavy (non-hydrogen) atoms. The predicted molar refractivity (Wildman–Crippen MR) is 78.9 cm³/mol. The molecule has 0 aliphatic rings. The van der Waals surface area contributed by atoms with Crippen molar-refractivity contribution in [1.29, 1.82) is 0 Å². The Hall–Kier alpha value is -3.02. The van der Waals surface area contributed by atoms with E-state index in [0.717, 1.165) is 16.9 Å². The molecule has 3 rings (SSSR count). The Bertz CT molecular complexity index is 752. The van der Waals surface area contributed by atoms with Crippen LogP contribution in [0.25, 0.3) is 16.9 Å². The zero-order valence-corrected chi connectivity index (χ0v) is 11.4. The summed E-state index contributed by atoms with van der Waals surface area (Å²) >= 11 is 0. The first-order valence-electron chi connectivity index (χ1n) is 6.42. The third-order valence-corrected chi connectivity index (χ3v) is 2.90. The third kappa shape index (κ3) is 2.79. The summed E-state index contributed by atoms with van der Waals surface area (Å²) in [6.07, 6.45) is 6.78. The summed E-state index contributed by atoms with van der Waals surface area (Å²) in [6, 6.07) is 9.23. The van der Waals surface area contributed by atoms with E-state index in [2.05, 4.69) is 20.4 Å². The molecule has 3 aromatic rings. The van der Waals surface area contributed by atoms with E-state index in [4.69, 9.17) is 0 Å². The van der Waals surface area contributed by atoms with Gasteiger partial charge in [0.25, 0.3) is 0 Å². The van der Waals surface area contributed by atoms with Crippen LogP contribution < -0.4 is 5.32 Å². The van der Waals surface area contributed by atoms with Crippen LogP contribution in [0.5, 0.6) is 0 Å². The van der Waals surface area contributed by atoms with E-state index in [9.17, 15) is 4.79 Å². The number of nitrogens with one attached hydrogen (secondary N) is 1. The molecule has 0 saturated heterocycles. The van der Waals surface area contributed by atoms with Crippen molar-refractivity contribution in [2.75, 3.05) is 5.32 Å². The van der Waals surface area contributed by atoms with Crippen LogP contribution in [0, 0.1) is 0 Å². The number of carbonyl (C=O) groups is 1. The van der Waals surface area contributed by atoms with Gasteiger partial charge in [0.1, 0.15) is 5.82 Å². The Kier molecular flexibility index (Phi) is 3.42. The van der Waals surface area contributed by atoms with E-state index in [-0.39, 0.29) is 5.91 Å². The molecule has 1 amide bonds. The highest BCUT2D eigenvalue weighted by Crippen LogP contribution is 2.24. The van der Waals surface area contributed by atoms with Crippen molar-refractivity contribution in [2.24, 2.45) is 0 Å². The summed E-state index contributed by atoms with van der Waals surface area (Å²) in [6.45, 7) is 1.47. The van der Waals surface area contributed by atoms with Gasteiger partial charge in [0, 0.05) is 43.3 Å². The number of anilines is 1. The summed E-state index contributed by atoms with van der Waals surface area (Å²) < 4.78 is 1.68. The van der Waals surface area contributed by atoms with Gasteiger partial charge >= 0.3 is 0 Å². The first kappa shape index (κ1) is 13.0. The van der Waals surface area contributed by atoms with E-state index >= 15 is 0 Å². The number of aromatic nitrogens is 4. The van der Waals surface area contributed by atoms with E-state index in [1.807, 2.05) is 30.3 Å². The number of carbonyl (C=O) groups excluding carboxylic acids is 1. The zero-order valence-electron chi connectivity index (χ0n) is 11.4. The predicted octanol–water partition coefficient (Wildman–Crippen LogP) is 2.29. The number of hydrogen-bond donors (Lipinski definition) is 1. The molecule has 104 valence electrons. The molecule has 3 heterocycles. The molecule has 3 aromatic heterocycles. The van der Waals surface area contributed by atoms with Crippen molar-refractivity contribution in [3.8, 4) is 16.9 Å². The van der Waals surface area contributed by atoms with Crippen molar-refractivity contribution >= 4 is 11.7 Å². The first-order chi connectivity index (χ1) is 10.2. The topological polar surface area (TPSA) is 72.7 Å². The molecule has 6 nitrogen and oxygen atoms in total. The van der Waals surface area contributed by atoms with Crippen LogP contribution in [0.1, 0.15) is 6.92 Å². The highest BCUT2D eigenvalue weighted by molar-refractivity contribution is 5.88. The SMILES string of the molecule is CC(=O)Nc1cc(-c2ccncc2)nn1-c1ccncc1. The van der Waals surface area contributed by atoms with Crippen LogP contribution >= 0.6 is 0 Å². The Morgan fingerprint density at radius 2 is 1.67 bits per heavy atom. The highest BCUT2D eigenvalue weighted by Gasteiger charge is 2.12. The van der Waals surface area contributed by atoms with Gasteiger partial charge in [-0.2, -0.15) is 5.10 Å². The van der Waals surface area contributed by atoms with Gasteiger partial charge in [-0.05, 0) is 24.3 Å². The smallest absolute Gasteiger partial charge is 0.222 e. The lowest BCUT2D eigenvalue weighted by atomic mass is 10.2. The number of amides is 1. The van der Waals surface area contributed by atoms with Gasteiger partial charge in [0.05, 0.1) is 11.4 Å². The summed E-state index contributed by atoms with van der Waals surface area (Å²) in [7, 11) is 0. The van der Waals surface area contributed by atoms with Crippen LogP contribution in [0.2, 0.25) is 0 Å². The Labute approximate surface area is 121 Å². The minimum Gasteiger partial charge on any atom is -0.311 e. The molecule has 0 saturated carbocycles. The maximum Gasteiger partial charge on any atom is 0.222 e.